The first-order valence-electron chi connectivity index (χ1n) is 15.0. The van der Waals surface area contributed by atoms with Crippen LogP contribution in [0.3, 0.4) is 0 Å². The fraction of sp³-hybridized carbons (Fsp3) is 0.625. The van der Waals surface area contributed by atoms with E-state index in [2.05, 4.69) is 22.5 Å². The summed E-state index contributed by atoms with van der Waals surface area (Å²) >= 11 is 0. The number of pyridine rings is 1. The number of rotatable bonds is 8. The number of carbonyl (C=O) groups is 3. The van der Waals surface area contributed by atoms with Crippen LogP contribution in [-0.4, -0.2) is 46.6 Å². The topological polar surface area (TPSA) is 118 Å². The van der Waals surface area contributed by atoms with Crippen LogP contribution in [0.4, 0.5) is 0 Å². The Morgan fingerprint density at radius 3 is 2.50 bits per heavy atom. The molecule has 40 heavy (non-hydrogen) atoms. The zero-order valence-electron chi connectivity index (χ0n) is 23.6. The van der Waals surface area contributed by atoms with Crippen LogP contribution in [0.15, 0.2) is 30.5 Å². The summed E-state index contributed by atoms with van der Waals surface area (Å²) in [6, 6.07) is 7.24. The number of hydrogen-bond acceptors (Lipinski definition) is 5. The zero-order chi connectivity index (χ0) is 28.1. The summed E-state index contributed by atoms with van der Waals surface area (Å²) in [5, 5.41) is 16.9. The zero-order valence-corrected chi connectivity index (χ0v) is 23.6. The van der Waals surface area contributed by atoms with Crippen LogP contribution in [-0.2, 0) is 9.59 Å². The van der Waals surface area contributed by atoms with Crippen molar-refractivity contribution < 1.29 is 24.2 Å². The average Bonchev–Trinajstić information content (AvgIpc) is 3.53. The van der Waals surface area contributed by atoms with Gasteiger partial charge in [0.2, 0.25) is 5.91 Å². The Kier molecular flexibility index (Phi) is 6.99. The van der Waals surface area contributed by atoms with Gasteiger partial charge in [-0.05, 0) is 100 Å². The molecule has 0 saturated heterocycles. The smallest absolute Gasteiger partial charge is 0.309 e. The van der Waals surface area contributed by atoms with Gasteiger partial charge in [0.1, 0.15) is 5.75 Å². The van der Waals surface area contributed by atoms with E-state index in [1.807, 2.05) is 18.2 Å². The molecule has 2 aromatic rings. The van der Waals surface area contributed by atoms with E-state index in [1.165, 1.54) is 6.42 Å². The molecule has 1 heterocycles. The van der Waals surface area contributed by atoms with Gasteiger partial charge in [-0.2, -0.15) is 0 Å². The summed E-state index contributed by atoms with van der Waals surface area (Å²) in [6.07, 6.45) is 10.6. The Hall–Kier alpha value is -3.16. The second kappa shape index (κ2) is 10.3. The molecule has 8 nitrogen and oxygen atoms in total. The van der Waals surface area contributed by atoms with Gasteiger partial charge in [0, 0.05) is 24.2 Å². The van der Waals surface area contributed by atoms with Gasteiger partial charge in [-0.15, -0.1) is 0 Å². The Bertz CT molecular complexity index is 1310. The van der Waals surface area contributed by atoms with Crippen LogP contribution in [0.25, 0.3) is 10.9 Å². The van der Waals surface area contributed by atoms with E-state index in [1.54, 1.807) is 19.2 Å². The molecule has 2 bridgehead atoms. The van der Waals surface area contributed by atoms with Crippen LogP contribution in [0, 0.1) is 28.6 Å². The molecule has 0 aliphatic heterocycles. The highest BCUT2D eigenvalue weighted by Gasteiger charge is 2.51. The summed E-state index contributed by atoms with van der Waals surface area (Å²) < 4.78 is 6.32. The van der Waals surface area contributed by atoms with E-state index in [0.29, 0.717) is 60.9 Å². The maximum atomic E-state index is 13.8. The number of carbonyl (C=O) groups excluding carboxylic acids is 2. The van der Waals surface area contributed by atoms with E-state index >= 15 is 0 Å². The maximum absolute atomic E-state index is 13.8. The van der Waals surface area contributed by atoms with Crippen molar-refractivity contribution >= 4 is 28.7 Å². The van der Waals surface area contributed by atoms with Crippen molar-refractivity contribution in [2.75, 3.05) is 6.54 Å². The van der Waals surface area contributed by atoms with E-state index in [0.717, 1.165) is 37.5 Å². The summed E-state index contributed by atoms with van der Waals surface area (Å²) in [7, 11) is 0. The first-order valence-corrected chi connectivity index (χ1v) is 15.0. The van der Waals surface area contributed by atoms with E-state index in [4.69, 9.17) is 4.74 Å². The minimum atomic E-state index is -0.758. The lowest BCUT2D eigenvalue weighted by molar-refractivity contribution is -0.150. The lowest BCUT2D eigenvalue weighted by Crippen LogP contribution is -2.51. The monoisotopic (exact) mass is 547 g/mol. The quantitative estimate of drug-likeness (QED) is 0.423. The molecule has 1 aromatic heterocycles. The second-order valence-electron chi connectivity index (χ2n) is 13.5. The first kappa shape index (κ1) is 27.0. The van der Waals surface area contributed by atoms with Crippen LogP contribution in [0.5, 0.6) is 5.75 Å². The third-order valence-corrected chi connectivity index (χ3v) is 10.5. The molecule has 3 N–H and O–H groups in total. The van der Waals surface area contributed by atoms with Gasteiger partial charge in [-0.1, -0.05) is 19.4 Å². The Balaban J connectivity index is 1.19. The van der Waals surface area contributed by atoms with Crippen molar-refractivity contribution in [1.82, 2.24) is 15.6 Å². The highest BCUT2D eigenvalue weighted by Crippen LogP contribution is 2.49. The second-order valence-corrected chi connectivity index (χ2v) is 13.5. The third kappa shape index (κ3) is 5.06. The average molecular weight is 548 g/mol. The molecule has 1 aromatic carbocycles. The van der Waals surface area contributed by atoms with Gasteiger partial charge >= 0.3 is 5.97 Å². The van der Waals surface area contributed by atoms with Gasteiger partial charge in [-0.3, -0.25) is 19.4 Å². The van der Waals surface area contributed by atoms with Crippen molar-refractivity contribution in [3.05, 3.63) is 36.0 Å². The molecule has 4 aliphatic rings. The van der Waals surface area contributed by atoms with Crippen molar-refractivity contribution in [3.63, 3.8) is 0 Å². The molecule has 8 heteroatoms. The SMILES string of the molecule is CC1(CNC(=O)[C@H]2[C@@H]3CC[C@@H](C3)[C@H]2NC(=O)c2cc(OC3CCC(C)(C(=O)O)CC3)cc3cccnc23)CCC1. The van der Waals surface area contributed by atoms with Crippen LogP contribution >= 0.6 is 0 Å². The number of nitrogens with one attached hydrogen (secondary N) is 2. The molecule has 0 unspecified atom stereocenters. The fourth-order valence-electron chi connectivity index (χ4n) is 7.64. The molecule has 4 saturated carbocycles. The molecule has 6 rings (SSSR count). The van der Waals surface area contributed by atoms with Gasteiger partial charge in [0.15, 0.2) is 0 Å². The molecular formula is C32H41N3O5. The van der Waals surface area contributed by atoms with Gasteiger partial charge in [0.25, 0.3) is 5.91 Å². The molecule has 4 aliphatic carbocycles. The minimum absolute atomic E-state index is 0.0800. The third-order valence-electron chi connectivity index (χ3n) is 10.5. The van der Waals surface area contributed by atoms with Crippen LogP contribution in [0.1, 0.15) is 88.4 Å². The standard InChI is InChI=1S/C32H41N3O5/c1-31(10-4-11-31)18-34-29(37)25-19-6-7-21(15-19)27(25)35-28(36)24-17-23(16-20-5-3-14-33-26(20)24)40-22-8-12-32(2,13-9-22)30(38)39/h3,5,14,16-17,19,21-22,25,27H,4,6-13,15,18H2,1-2H3,(H,34,37)(H,35,36)(H,38,39)/t19-,21+,22?,25+,27-,32?/m1/s1. The molecule has 2 amide bonds. The largest absolute Gasteiger partial charge is 0.490 e. The summed E-state index contributed by atoms with van der Waals surface area (Å²) in [6.45, 7) is 4.75. The highest BCUT2D eigenvalue weighted by molar-refractivity contribution is 6.06. The maximum Gasteiger partial charge on any atom is 0.309 e. The van der Waals surface area contributed by atoms with Gasteiger partial charge in [0.05, 0.1) is 28.5 Å². The summed E-state index contributed by atoms with van der Waals surface area (Å²) in [5.41, 5.74) is 0.554. The number of benzene rings is 1. The van der Waals surface area contributed by atoms with Crippen molar-refractivity contribution in [3.8, 4) is 5.75 Å². The lowest BCUT2D eigenvalue weighted by atomic mass is 9.70. The van der Waals surface area contributed by atoms with Crippen molar-refractivity contribution in [1.29, 1.82) is 0 Å². The number of fused-ring (bicyclic) bond motifs is 3. The number of carboxylic acid groups (broad SMARTS) is 1. The van der Waals surface area contributed by atoms with Gasteiger partial charge < -0.3 is 20.5 Å². The number of hydrogen-bond donors (Lipinski definition) is 3. The number of aromatic nitrogens is 1. The van der Waals surface area contributed by atoms with Crippen molar-refractivity contribution in [2.45, 2.75) is 90.2 Å². The van der Waals surface area contributed by atoms with E-state index in [-0.39, 0.29) is 35.3 Å². The number of ether oxygens (including phenoxy) is 1. The number of nitrogens with zero attached hydrogens (tertiary/aromatic N) is 1. The summed E-state index contributed by atoms with van der Waals surface area (Å²) in [5.74, 6) is 0.118. The van der Waals surface area contributed by atoms with Crippen LogP contribution < -0.4 is 15.4 Å². The van der Waals surface area contributed by atoms with Crippen LogP contribution in [0.2, 0.25) is 0 Å². The number of aliphatic carboxylic acids is 1. The van der Waals surface area contributed by atoms with Gasteiger partial charge in [-0.25, -0.2) is 0 Å². The Morgan fingerprint density at radius 1 is 1.05 bits per heavy atom. The number of carboxylic acids is 1. The summed E-state index contributed by atoms with van der Waals surface area (Å²) in [4.78, 5) is 43.4. The molecule has 4 fully saturated rings. The fourth-order valence-corrected chi connectivity index (χ4v) is 7.64. The Labute approximate surface area is 235 Å². The normalized spacial score (nSPS) is 32.3. The minimum Gasteiger partial charge on any atom is -0.490 e. The van der Waals surface area contributed by atoms with E-state index < -0.39 is 11.4 Å². The predicted molar refractivity (Wildman–Crippen MR) is 151 cm³/mol. The van der Waals surface area contributed by atoms with Crippen molar-refractivity contribution in [2.24, 2.45) is 28.6 Å². The molecule has 214 valence electrons. The number of amides is 2. The highest BCUT2D eigenvalue weighted by atomic mass is 16.5. The molecule has 0 radical (unpaired) electrons. The lowest BCUT2D eigenvalue weighted by Gasteiger charge is -2.39. The molecule has 4 atom stereocenters. The van der Waals surface area contributed by atoms with E-state index in [9.17, 15) is 19.5 Å². The Morgan fingerprint density at radius 2 is 1.80 bits per heavy atom. The first-order chi connectivity index (χ1) is 19.1. The predicted octanol–water partition coefficient (Wildman–Crippen LogP) is 5.10. The molecular weight excluding hydrogens is 506 g/mol. The molecule has 0 spiro atoms.